The molecule has 2 aromatic rings. The molecule has 10 heteroatoms. The van der Waals surface area contributed by atoms with E-state index < -0.39 is 23.3 Å². The van der Waals surface area contributed by atoms with Gasteiger partial charge in [-0.05, 0) is 71.6 Å². The van der Waals surface area contributed by atoms with Crippen LogP contribution in [0.1, 0.15) is 41.8 Å². The molecule has 39 heavy (non-hydrogen) atoms. The normalized spacial score (nSPS) is 16.8. The fraction of sp³-hybridized carbons (Fsp3) is 0.448. The molecule has 0 N–H and O–H groups in total. The summed E-state index contributed by atoms with van der Waals surface area (Å²) in [5.41, 5.74) is 1.59. The molecule has 0 aliphatic carbocycles. The van der Waals surface area contributed by atoms with Crippen LogP contribution in [-0.2, 0) is 27.2 Å². The van der Waals surface area contributed by atoms with Gasteiger partial charge in [0.2, 0.25) is 0 Å². The van der Waals surface area contributed by atoms with Crippen molar-refractivity contribution in [3.63, 3.8) is 0 Å². The number of methoxy groups -OCH3 is 1. The van der Waals surface area contributed by atoms with Crippen LogP contribution in [0.15, 0.2) is 47.2 Å². The van der Waals surface area contributed by atoms with Crippen LogP contribution in [0.25, 0.3) is 0 Å². The van der Waals surface area contributed by atoms with Gasteiger partial charge in [0.25, 0.3) is 0 Å². The van der Waals surface area contributed by atoms with E-state index in [1.54, 1.807) is 12.1 Å². The lowest BCUT2D eigenvalue weighted by Gasteiger charge is -2.28. The molecular formula is C29H34BrFN2O6. The zero-order valence-corrected chi connectivity index (χ0v) is 24.3. The van der Waals surface area contributed by atoms with Crippen LogP contribution in [0, 0.1) is 11.7 Å². The minimum atomic E-state index is -0.750. The second-order valence-electron chi connectivity index (χ2n) is 10.5. The minimum Gasteiger partial charge on any atom is -0.491 e. The van der Waals surface area contributed by atoms with Crippen LogP contribution < -0.4 is 9.47 Å². The van der Waals surface area contributed by atoms with E-state index in [0.717, 1.165) is 22.3 Å². The number of hydrogen-bond donors (Lipinski definition) is 0. The predicted molar refractivity (Wildman–Crippen MR) is 147 cm³/mol. The molecule has 0 spiro atoms. The van der Waals surface area contributed by atoms with E-state index in [2.05, 4.69) is 30.5 Å². The Morgan fingerprint density at radius 2 is 2.00 bits per heavy atom. The molecule has 210 valence electrons. The molecule has 0 amide bonds. The van der Waals surface area contributed by atoms with Crippen molar-refractivity contribution in [2.45, 2.75) is 38.8 Å². The highest BCUT2D eigenvalue weighted by Crippen LogP contribution is 2.37. The molecule has 2 heterocycles. The van der Waals surface area contributed by atoms with Gasteiger partial charge in [-0.25, -0.2) is 9.18 Å². The highest BCUT2D eigenvalue weighted by atomic mass is 79.9. The van der Waals surface area contributed by atoms with Crippen molar-refractivity contribution in [1.29, 1.82) is 0 Å². The number of carbonyl (C=O) groups excluding carboxylic acids is 2. The summed E-state index contributed by atoms with van der Waals surface area (Å²) >= 11 is 3.57. The molecule has 0 radical (unpaired) electrons. The predicted octanol–water partition coefficient (Wildman–Crippen LogP) is 4.94. The summed E-state index contributed by atoms with van der Waals surface area (Å²) in [5, 5.41) is 0. The molecule has 4 rings (SSSR count). The Kier molecular flexibility index (Phi) is 9.17. The number of fused-ring (bicyclic) bond motifs is 1. The molecule has 1 unspecified atom stereocenters. The summed E-state index contributed by atoms with van der Waals surface area (Å²) in [4.78, 5) is 29.0. The molecule has 2 aliphatic rings. The van der Waals surface area contributed by atoms with Crippen molar-refractivity contribution >= 4 is 27.7 Å². The second-order valence-corrected chi connectivity index (χ2v) is 11.3. The summed E-state index contributed by atoms with van der Waals surface area (Å²) < 4.78 is 37.2. The number of hydrogen-bond acceptors (Lipinski definition) is 8. The van der Waals surface area contributed by atoms with Gasteiger partial charge in [0.15, 0.2) is 17.3 Å². The molecule has 8 nitrogen and oxygen atoms in total. The number of Topliss-reactive ketones (excluding diaryl/α,β-unsaturated/α-hetero) is 1. The quantitative estimate of drug-likeness (QED) is 0.264. The summed E-state index contributed by atoms with van der Waals surface area (Å²) in [6, 6.07) is 8.55. The maximum Gasteiger partial charge on any atom is 0.331 e. The molecule has 1 atom stereocenters. The Bertz CT molecular complexity index is 1250. The number of benzene rings is 2. The van der Waals surface area contributed by atoms with Crippen molar-refractivity contribution in [3.05, 3.63) is 69.7 Å². The average molecular weight is 606 g/mol. The molecule has 0 fully saturated rings. The van der Waals surface area contributed by atoms with Crippen molar-refractivity contribution in [2.75, 3.05) is 40.6 Å². The average Bonchev–Trinajstić information content (AvgIpc) is 3.29. The summed E-state index contributed by atoms with van der Waals surface area (Å²) in [6.07, 6.45) is 4.86. The number of halogens is 2. The van der Waals surface area contributed by atoms with Crippen molar-refractivity contribution < 1.29 is 32.9 Å². The van der Waals surface area contributed by atoms with Crippen LogP contribution in [0.2, 0.25) is 0 Å². The van der Waals surface area contributed by atoms with E-state index in [4.69, 9.17) is 14.2 Å². The SMILES string of the molecule is COC(=O)COCCC(C)(C)Oc1cc(CC2COc3c(Br)cc(CN4C=CN(C)C4)cc3C2=O)ccc1F. The third-order valence-corrected chi connectivity index (χ3v) is 7.24. The van der Waals surface area contributed by atoms with Gasteiger partial charge in [-0.1, -0.05) is 6.07 Å². The Labute approximate surface area is 236 Å². The van der Waals surface area contributed by atoms with Gasteiger partial charge in [-0.15, -0.1) is 0 Å². The number of carbonyl (C=O) groups is 2. The first-order valence-electron chi connectivity index (χ1n) is 12.8. The van der Waals surface area contributed by atoms with Gasteiger partial charge in [0, 0.05) is 32.4 Å². The lowest BCUT2D eigenvalue weighted by atomic mass is 9.89. The summed E-state index contributed by atoms with van der Waals surface area (Å²) in [5.74, 6) is -0.694. The van der Waals surface area contributed by atoms with E-state index in [1.807, 2.05) is 45.4 Å². The molecule has 2 aliphatic heterocycles. The Balaban J connectivity index is 1.42. The molecule has 0 aromatic heterocycles. The standard InChI is InChI=1S/C29H34BrFN2O6/c1-29(2,7-10-37-17-26(34)36-4)39-25-14-19(5-6-24(25)31)11-21-16-38-28-22(27(21)35)12-20(13-23(28)30)15-33-9-8-32(3)18-33/h5-6,8-9,12-14,21H,7,10-11,15-18H2,1-4H3. The van der Waals surface area contributed by atoms with E-state index in [0.29, 0.717) is 30.7 Å². The molecule has 0 bridgehead atoms. The van der Waals surface area contributed by atoms with Gasteiger partial charge in [0.1, 0.15) is 18.0 Å². The first-order valence-corrected chi connectivity index (χ1v) is 13.6. The number of rotatable bonds is 11. The topological polar surface area (TPSA) is 77.5 Å². The van der Waals surface area contributed by atoms with Gasteiger partial charge in [0.05, 0.1) is 42.9 Å². The van der Waals surface area contributed by atoms with E-state index in [1.165, 1.54) is 13.2 Å². The van der Waals surface area contributed by atoms with Crippen LogP contribution in [0.4, 0.5) is 4.39 Å². The van der Waals surface area contributed by atoms with Crippen LogP contribution in [-0.4, -0.2) is 67.8 Å². The highest BCUT2D eigenvalue weighted by Gasteiger charge is 2.31. The van der Waals surface area contributed by atoms with Gasteiger partial charge >= 0.3 is 5.97 Å². The molecular weight excluding hydrogens is 571 g/mol. The van der Waals surface area contributed by atoms with Crippen molar-refractivity contribution in [3.8, 4) is 11.5 Å². The number of esters is 1. The third kappa shape index (κ3) is 7.51. The van der Waals surface area contributed by atoms with Crippen molar-refractivity contribution in [1.82, 2.24) is 9.80 Å². The summed E-state index contributed by atoms with van der Waals surface area (Å²) in [7, 11) is 3.30. The van der Waals surface area contributed by atoms with Crippen LogP contribution in [0.3, 0.4) is 0 Å². The monoisotopic (exact) mass is 604 g/mol. The zero-order valence-electron chi connectivity index (χ0n) is 22.7. The number of ether oxygens (including phenoxy) is 4. The lowest BCUT2D eigenvalue weighted by molar-refractivity contribution is -0.146. The molecule has 0 saturated carbocycles. The minimum absolute atomic E-state index is 0.00256. The largest absolute Gasteiger partial charge is 0.491 e. The molecule has 0 saturated heterocycles. The maximum absolute atomic E-state index is 14.6. The Hall–Kier alpha value is -3.11. The smallest absolute Gasteiger partial charge is 0.331 e. The summed E-state index contributed by atoms with van der Waals surface area (Å²) in [6.45, 7) is 5.44. The Morgan fingerprint density at radius 3 is 2.72 bits per heavy atom. The van der Waals surface area contributed by atoms with Crippen LogP contribution in [0.5, 0.6) is 11.5 Å². The van der Waals surface area contributed by atoms with E-state index in [-0.39, 0.29) is 31.4 Å². The number of nitrogens with zero attached hydrogens (tertiary/aromatic N) is 2. The highest BCUT2D eigenvalue weighted by molar-refractivity contribution is 9.10. The van der Waals surface area contributed by atoms with E-state index in [9.17, 15) is 14.0 Å². The lowest BCUT2D eigenvalue weighted by Crippen LogP contribution is -2.31. The number of ketones is 1. The zero-order chi connectivity index (χ0) is 28.2. The fourth-order valence-electron chi connectivity index (χ4n) is 4.55. The van der Waals surface area contributed by atoms with Gasteiger partial charge in [-0.2, -0.15) is 0 Å². The first-order chi connectivity index (χ1) is 18.5. The first kappa shape index (κ1) is 28.9. The second kappa shape index (κ2) is 12.4. The van der Waals surface area contributed by atoms with Gasteiger partial charge < -0.3 is 28.7 Å². The van der Waals surface area contributed by atoms with E-state index >= 15 is 0 Å². The Morgan fingerprint density at radius 1 is 1.21 bits per heavy atom. The fourth-order valence-corrected chi connectivity index (χ4v) is 5.17. The van der Waals surface area contributed by atoms with Gasteiger partial charge in [-0.3, -0.25) is 4.79 Å². The maximum atomic E-state index is 14.6. The van der Waals surface area contributed by atoms with Crippen LogP contribution >= 0.6 is 15.9 Å². The third-order valence-electron chi connectivity index (χ3n) is 6.65. The molecule has 2 aromatic carbocycles. The van der Waals surface area contributed by atoms with Crippen molar-refractivity contribution in [2.24, 2.45) is 5.92 Å².